The molecular weight excluding hydrogens is 444 g/mol. The molecule has 0 atom stereocenters. The van der Waals surface area contributed by atoms with Crippen LogP contribution in [-0.4, -0.2) is 26.5 Å². The number of carbonyl (C=O) groups is 1. The van der Waals surface area contributed by atoms with Gasteiger partial charge in [0.1, 0.15) is 5.75 Å². The van der Waals surface area contributed by atoms with E-state index in [9.17, 15) is 18.3 Å². The minimum atomic E-state index is -3.63. The number of sulfonamides is 1. The van der Waals surface area contributed by atoms with Crippen LogP contribution in [-0.2, 0) is 20.2 Å². The van der Waals surface area contributed by atoms with Gasteiger partial charge in [0.25, 0.3) is 5.91 Å². The van der Waals surface area contributed by atoms with E-state index in [1.54, 1.807) is 18.2 Å². The number of fused-ring (bicyclic) bond motifs is 1. The summed E-state index contributed by atoms with van der Waals surface area (Å²) in [6.07, 6.45) is 1.69. The second kappa shape index (κ2) is 7.02. The summed E-state index contributed by atoms with van der Waals surface area (Å²) in [5.74, 6) is -0.149. The normalized spacial score (nSPS) is 15.6. The lowest BCUT2D eigenvalue weighted by molar-refractivity contribution is -0.110. The summed E-state index contributed by atoms with van der Waals surface area (Å²) in [4.78, 5) is 12.6. The van der Waals surface area contributed by atoms with Crippen molar-refractivity contribution >= 4 is 49.2 Å². The summed E-state index contributed by atoms with van der Waals surface area (Å²) in [7, 11) is -2.29. The molecule has 2 aromatic carbocycles. The predicted molar refractivity (Wildman–Crippen MR) is 114 cm³/mol. The SMILES string of the molecule is CNS(=O)(=O)c1ccc2c(c1)C(=Cc1cc(Br)c(O)c(C(C)(C)C)c1)C(=O)N2. The molecule has 0 aromatic heterocycles. The van der Waals surface area contributed by atoms with Crippen LogP contribution in [0.5, 0.6) is 5.75 Å². The number of hydrogen-bond donors (Lipinski definition) is 3. The van der Waals surface area contributed by atoms with Crippen LogP contribution in [0.15, 0.2) is 39.7 Å². The minimum absolute atomic E-state index is 0.0819. The van der Waals surface area contributed by atoms with E-state index in [1.165, 1.54) is 19.2 Å². The van der Waals surface area contributed by atoms with Crippen LogP contribution in [0.2, 0.25) is 0 Å². The Bertz CT molecular complexity index is 1120. The maximum atomic E-state index is 12.5. The topological polar surface area (TPSA) is 95.5 Å². The number of carbonyl (C=O) groups excluding carboxylic acids is 1. The van der Waals surface area contributed by atoms with Crippen molar-refractivity contribution < 1.29 is 18.3 Å². The van der Waals surface area contributed by atoms with Crippen molar-refractivity contribution in [1.29, 1.82) is 0 Å². The van der Waals surface area contributed by atoms with Crippen LogP contribution in [0.25, 0.3) is 11.6 Å². The van der Waals surface area contributed by atoms with Gasteiger partial charge in [-0.25, -0.2) is 13.1 Å². The molecule has 1 aliphatic rings. The first-order chi connectivity index (χ1) is 12.9. The molecule has 1 amide bonds. The van der Waals surface area contributed by atoms with Gasteiger partial charge >= 0.3 is 0 Å². The molecule has 148 valence electrons. The van der Waals surface area contributed by atoms with E-state index in [4.69, 9.17) is 0 Å². The molecule has 1 aliphatic heterocycles. The molecule has 0 fully saturated rings. The molecule has 3 rings (SSSR count). The molecule has 0 radical (unpaired) electrons. The molecule has 0 unspecified atom stereocenters. The lowest BCUT2D eigenvalue weighted by atomic mass is 9.85. The van der Waals surface area contributed by atoms with Gasteiger partial charge in [0.05, 0.1) is 9.37 Å². The number of aromatic hydroxyl groups is 1. The number of phenols is 1. The number of amides is 1. The Morgan fingerprint density at radius 1 is 1.18 bits per heavy atom. The summed E-state index contributed by atoms with van der Waals surface area (Å²) >= 11 is 3.37. The number of benzene rings is 2. The molecule has 8 heteroatoms. The van der Waals surface area contributed by atoms with Crippen LogP contribution >= 0.6 is 15.9 Å². The zero-order valence-electron chi connectivity index (χ0n) is 15.9. The van der Waals surface area contributed by atoms with Gasteiger partial charge in [-0.3, -0.25) is 4.79 Å². The molecule has 2 aromatic rings. The molecule has 0 spiro atoms. The van der Waals surface area contributed by atoms with Crippen LogP contribution < -0.4 is 10.0 Å². The van der Waals surface area contributed by atoms with E-state index in [0.717, 1.165) is 11.1 Å². The highest BCUT2D eigenvalue weighted by Crippen LogP contribution is 2.39. The van der Waals surface area contributed by atoms with E-state index in [2.05, 4.69) is 26.0 Å². The Balaban J connectivity index is 2.17. The summed E-state index contributed by atoms with van der Waals surface area (Å²) in [6.45, 7) is 5.95. The molecule has 0 saturated heterocycles. The van der Waals surface area contributed by atoms with Gasteiger partial charge in [-0.15, -0.1) is 0 Å². The number of hydrogen-bond acceptors (Lipinski definition) is 4. The maximum Gasteiger partial charge on any atom is 0.256 e. The van der Waals surface area contributed by atoms with Crippen molar-refractivity contribution in [2.75, 3.05) is 12.4 Å². The average Bonchev–Trinajstić information content (AvgIpc) is 2.91. The summed E-state index contributed by atoms with van der Waals surface area (Å²) in [5, 5.41) is 13.1. The van der Waals surface area contributed by atoms with E-state index in [0.29, 0.717) is 21.3 Å². The van der Waals surface area contributed by atoms with Gasteiger partial charge in [0.2, 0.25) is 10.0 Å². The quantitative estimate of drug-likeness (QED) is 0.600. The van der Waals surface area contributed by atoms with E-state index >= 15 is 0 Å². The van der Waals surface area contributed by atoms with E-state index in [1.807, 2.05) is 26.8 Å². The number of halogens is 1. The van der Waals surface area contributed by atoms with Gasteiger partial charge in [-0.2, -0.15) is 0 Å². The van der Waals surface area contributed by atoms with Crippen LogP contribution in [0.4, 0.5) is 5.69 Å². The molecule has 28 heavy (non-hydrogen) atoms. The fraction of sp³-hybridized carbons (Fsp3) is 0.250. The third kappa shape index (κ3) is 3.72. The van der Waals surface area contributed by atoms with E-state index in [-0.39, 0.29) is 22.0 Å². The molecule has 3 N–H and O–H groups in total. The highest BCUT2D eigenvalue weighted by Gasteiger charge is 2.27. The molecule has 0 bridgehead atoms. The smallest absolute Gasteiger partial charge is 0.256 e. The Morgan fingerprint density at radius 2 is 1.86 bits per heavy atom. The molecule has 1 heterocycles. The van der Waals surface area contributed by atoms with Gasteiger partial charge in [-0.1, -0.05) is 20.8 Å². The zero-order valence-corrected chi connectivity index (χ0v) is 18.3. The van der Waals surface area contributed by atoms with Crippen LogP contribution in [0, 0.1) is 0 Å². The van der Waals surface area contributed by atoms with Crippen molar-refractivity contribution in [3.05, 3.63) is 51.5 Å². The van der Waals surface area contributed by atoms with Crippen molar-refractivity contribution in [2.24, 2.45) is 0 Å². The highest BCUT2D eigenvalue weighted by molar-refractivity contribution is 9.10. The van der Waals surface area contributed by atoms with Gasteiger partial charge < -0.3 is 10.4 Å². The summed E-state index contributed by atoms with van der Waals surface area (Å²) in [6, 6.07) is 8.04. The summed E-state index contributed by atoms with van der Waals surface area (Å²) < 4.78 is 27.0. The van der Waals surface area contributed by atoms with E-state index < -0.39 is 10.0 Å². The first kappa shape index (κ1) is 20.6. The number of anilines is 1. The molecule has 0 aliphatic carbocycles. The lowest BCUT2D eigenvalue weighted by Gasteiger charge is -2.21. The average molecular weight is 465 g/mol. The first-order valence-corrected chi connectivity index (χ1v) is 10.9. The molecular formula is C20H21BrN2O4S. The maximum absolute atomic E-state index is 12.5. The second-order valence-electron chi connectivity index (χ2n) is 7.58. The van der Waals surface area contributed by atoms with Gasteiger partial charge in [0.15, 0.2) is 0 Å². The molecule has 6 nitrogen and oxygen atoms in total. The number of phenolic OH excluding ortho intramolecular Hbond substituents is 1. The fourth-order valence-corrected chi connectivity index (χ4v) is 4.27. The summed E-state index contributed by atoms with van der Waals surface area (Å²) in [5.41, 5.74) is 2.59. The fourth-order valence-electron chi connectivity index (χ4n) is 3.04. The monoisotopic (exact) mass is 464 g/mol. The van der Waals surface area contributed by atoms with Crippen molar-refractivity contribution in [2.45, 2.75) is 31.1 Å². The Hall–Kier alpha value is -2.16. The first-order valence-electron chi connectivity index (χ1n) is 8.58. The van der Waals surface area contributed by atoms with Crippen molar-refractivity contribution in [3.63, 3.8) is 0 Å². The Labute approximate surface area is 172 Å². The van der Waals surface area contributed by atoms with Crippen LogP contribution in [0.1, 0.15) is 37.5 Å². The minimum Gasteiger partial charge on any atom is -0.506 e. The second-order valence-corrected chi connectivity index (χ2v) is 10.3. The number of rotatable bonds is 3. The van der Waals surface area contributed by atoms with Crippen molar-refractivity contribution in [1.82, 2.24) is 4.72 Å². The zero-order chi connectivity index (χ0) is 20.9. The third-order valence-corrected chi connectivity index (χ3v) is 6.57. The van der Waals surface area contributed by atoms with Gasteiger partial charge in [-0.05, 0) is 70.4 Å². The Morgan fingerprint density at radius 3 is 2.46 bits per heavy atom. The standard InChI is InChI=1S/C20H21BrN2O4S/c1-20(2,3)15-8-11(9-16(21)18(15)24)7-14-13-10-12(28(26,27)22-4)5-6-17(13)23-19(14)25/h5-10,22,24H,1-4H3,(H,23,25). The van der Waals surface area contributed by atoms with Gasteiger partial charge in [0, 0.05) is 22.4 Å². The highest BCUT2D eigenvalue weighted by atomic mass is 79.9. The predicted octanol–water partition coefficient (Wildman–Crippen LogP) is 3.85. The largest absolute Gasteiger partial charge is 0.506 e. The Kier molecular flexibility index (Phi) is 5.16. The number of nitrogens with one attached hydrogen (secondary N) is 2. The lowest BCUT2D eigenvalue weighted by Crippen LogP contribution is -2.18. The molecule has 0 saturated carbocycles. The van der Waals surface area contributed by atoms with Crippen LogP contribution in [0.3, 0.4) is 0 Å². The van der Waals surface area contributed by atoms with Crippen molar-refractivity contribution in [3.8, 4) is 5.75 Å². The third-order valence-electron chi connectivity index (χ3n) is 4.56.